The van der Waals surface area contributed by atoms with E-state index in [0.29, 0.717) is 31.6 Å². The molecule has 1 aliphatic rings. The number of amides is 1. The van der Waals surface area contributed by atoms with E-state index in [9.17, 15) is 18.0 Å². The molecule has 11 heteroatoms. The fraction of sp³-hybridized carbons (Fsp3) is 0.333. The largest absolute Gasteiger partial charge is 0.416 e. The highest BCUT2D eigenvalue weighted by molar-refractivity contribution is 5.80. The van der Waals surface area contributed by atoms with E-state index in [1.807, 2.05) is 12.1 Å². The Morgan fingerprint density at radius 3 is 2.69 bits per heavy atom. The Hall–Kier alpha value is -3.37. The minimum atomic E-state index is -4.43. The van der Waals surface area contributed by atoms with Crippen LogP contribution in [0.25, 0.3) is 5.65 Å². The van der Waals surface area contributed by atoms with Crippen molar-refractivity contribution < 1.29 is 18.0 Å². The molecule has 0 spiro atoms. The molecule has 1 fully saturated rings. The second-order valence-electron chi connectivity index (χ2n) is 6.78. The van der Waals surface area contributed by atoms with Gasteiger partial charge in [-0.15, -0.1) is 15.3 Å². The summed E-state index contributed by atoms with van der Waals surface area (Å²) in [6.45, 7) is 1.28. The van der Waals surface area contributed by atoms with Crippen LogP contribution in [0.3, 0.4) is 0 Å². The molecule has 29 heavy (non-hydrogen) atoms. The van der Waals surface area contributed by atoms with Crippen molar-refractivity contribution in [1.82, 2.24) is 25.2 Å². The number of nitrogens with zero attached hydrogens (tertiary/aromatic N) is 5. The van der Waals surface area contributed by atoms with Crippen molar-refractivity contribution in [3.8, 4) is 0 Å². The predicted molar refractivity (Wildman–Crippen MR) is 98.9 cm³/mol. The lowest BCUT2D eigenvalue weighted by Gasteiger charge is -2.32. The number of halogens is 3. The Balaban J connectivity index is 1.31. The van der Waals surface area contributed by atoms with Crippen LogP contribution in [0.15, 0.2) is 42.7 Å². The molecule has 0 aliphatic carbocycles. The summed E-state index contributed by atoms with van der Waals surface area (Å²) in [6, 6.07) is 8.37. The molecule has 8 nitrogen and oxygen atoms in total. The fourth-order valence-electron chi connectivity index (χ4n) is 3.27. The van der Waals surface area contributed by atoms with E-state index in [0.717, 1.165) is 18.0 Å². The number of piperidine rings is 1. The minimum Gasteiger partial charge on any atom is -0.355 e. The van der Waals surface area contributed by atoms with Gasteiger partial charge in [-0.3, -0.25) is 15.6 Å². The van der Waals surface area contributed by atoms with E-state index in [4.69, 9.17) is 0 Å². The maximum Gasteiger partial charge on any atom is 0.416 e. The van der Waals surface area contributed by atoms with Crippen LogP contribution in [0.1, 0.15) is 18.4 Å². The molecule has 1 saturated heterocycles. The summed E-state index contributed by atoms with van der Waals surface area (Å²) < 4.78 is 39.9. The zero-order valence-corrected chi connectivity index (χ0v) is 15.2. The van der Waals surface area contributed by atoms with Crippen molar-refractivity contribution in [3.63, 3.8) is 0 Å². The Kier molecular flexibility index (Phi) is 4.95. The van der Waals surface area contributed by atoms with E-state index in [1.54, 1.807) is 4.52 Å². The number of hydrazine groups is 1. The number of anilines is 2. The number of alkyl halides is 3. The molecule has 4 rings (SSSR count). The van der Waals surface area contributed by atoms with Crippen molar-refractivity contribution in [2.75, 3.05) is 23.4 Å². The third-order valence-corrected chi connectivity index (χ3v) is 4.86. The van der Waals surface area contributed by atoms with Crippen molar-refractivity contribution >= 4 is 23.1 Å². The summed E-state index contributed by atoms with van der Waals surface area (Å²) in [5, 5.41) is 12.2. The highest BCUT2D eigenvalue weighted by Gasteiger charge is 2.30. The van der Waals surface area contributed by atoms with Crippen molar-refractivity contribution in [2.45, 2.75) is 19.0 Å². The van der Waals surface area contributed by atoms with Gasteiger partial charge in [-0.25, -0.2) is 0 Å². The van der Waals surface area contributed by atoms with Crippen LogP contribution in [0.2, 0.25) is 0 Å². The van der Waals surface area contributed by atoms with Crippen LogP contribution in [-0.4, -0.2) is 38.8 Å². The lowest BCUT2D eigenvalue weighted by atomic mass is 9.96. The number of aromatic nitrogens is 4. The van der Waals surface area contributed by atoms with E-state index in [-0.39, 0.29) is 17.5 Å². The molecule has 1 aromatic carbocycles. The summed E-state index contributed by atoms with van der Waals surface area (Å²) in [5.74, 6) is 0.297. The zero-order valence-electron chi connectivity index (χ0n) is 15.2. The Bertz CT molecular complexity index is 1010. The van der Waals surface area contributed by atoms with Gasteiger partial charge in [-0.2, -0.15) is 17.7 Å². The molecule has 152 valence electrons. The van der Waals surface area contributed by atoms with Crippen LogP contribution >= 0.6 is 0 Å². The summed E-state index contributed by atoms with van der Waals surface area (Å²) in [5.41, 5.74) is 5.14. The second kappa shape index (κ2) is 7.57. The first-order chi connectivity index (χ1) is 13.9. The van der Waals surface area contributed by atoms with Crippen LogP contribution in [0.4, 0.5) is 24.7 Å². The zero-order chi connectivity index (χ0) is 20.4. The monoisotopic (exact) mass is 405 g/mol. The smallest absolute Gasteiger partial charge is 0.355 e. The maximum atomic E-state index is 12.8. The topological polar surface area (TPSA) is 87.5 Å². The van der Waals surface area contributed by atoms with Gasteiger partial charge in [-0.1, -0.05) is 6.07 Å². The quantitative estimate of drug-likeness (QED) is 0.649. The number of nitrogens with one attached hydrogen (secondary N) is 2. The molecular formula is C18H18F3N7O. The van der Waals surface area contributed by atoms with E-state index >= 15 is 0 Å². The van der Waals surface area contributed by atoms with Gasteiger partial charge in [0.05, 0.1) is 11.3 Å². The molecule has 1 amide bonds. The summed E-state index contributed by atoms with van der Waals surface area (Å²) in [7, 11) is 0. The van der Waals surface area contributed by atoms with Crippen LogP contribution in [0, 0.1) is 5.92 Å². The average Bonchev–Trinajstić information content (AvgIpc) is 3.19. The van der Waals surface area contributed by atoms with Gasteiger partial charge < -0.3 is 4.90 Å². The lowest BCUT2D eigenvalue weighted by Crippen LogP contribution is -2.42. The van der Waals surface area contributed by atoms with E-state index in [1.165, 1.54) is 18.5 Å². The summed E-state index contributed by atoms with van der Waals surface area (Å²) in [4.78, 5) is 14.5. The average molecular weight is 405 g/mol. The molecule has 3 aromatic rings. The minimum absolute atomic E-state index is 0.178. The van der Waals surface area contributed by atoms with Gasteiger partial charge in [0.25, 0.3) is 0 Å². The Morgan fingerprint density at radius 2 is 1.93 bits per heavy atom. The van der Waals surface area contributed by atoms with Crippen LogP contribution < -0.4 is 15.8 Å². The number of fused-ring (bicyclic) bond motifs is 1. The molecule has 1 aliphatic heterocycles. The SMILES string of the molecule is O=C(NNc1cccc(C(F)(F)F)c1)C1CCN(c2ccc3nncn3n2)CC1. The van der Waals surface area contributed by atoms with Crippen LogP contribution in [0.5, 0.6) is 0 Å². The standard InChI is InChI=1S/C18H18F3N7O/c19-18(20,21)13-2-1-3-14(10-13)23-25-17(29)12-6-8-27(9-7-12)16-5-4-15-24-22-11-28(15)26-16/h1-5,10-12,23H,6-9H2,(H,25,29). The lowest BCUT2D eigenvalue weighted by molar-refractivity contribution is -0.137. The molecule has 0 bridgehead atoms. The highest BCUT2D eigenvalue weighted by Crippen LogP contribution is 2.30. The van der Waals surface area contributed by atoms with E-state index in [2.05, 4.69) is 31.0 Å². The maximum absolute atomic E-state index is 12.8. The first-order valence-electron chi connectivity index (χ1n) is 9.05. The van der Waals surface area contributed by atoms with Crippen molar-refractivity contribution in [1.29, 1.82) is 0 Å². The van der Waals surface area contributed by atoms with Crippen molar-refractivity contribution in [2.24, 2.45) is 5.92 Å². The molecule has 2 aromatic heterocycles. The van der Waals surface area contributed by atoms with Gasteiger partial charge in [0.15, 0.2) is 5.65 Å². The third kappa shape index (κ3) is 4.23. The predicted octanol–water partition coefficient (Wildman–Crippen LogP) is 2.50. The van der Waals surface area contributed by atoms with Gasteiger partial charge >= 0.3 is 6.18 Å². The van der Waals surface area contributed by atoms with Crippen molar-refractivity contribution in [3.05, 3.63) is 48.3 Å². The molecular weight excluding hydrogens is 387 g/mol. The summed E-state index contributed by atoms with van der Waals surface area (Å²) >= 11 is 0. The Morgan fingerprint density at radius 1 is 1.14 bits per heavy atom. The van der Waals surface area contributed by atoms with Gasteiger partial charge in [-0.05, 0) is 43.2 Å². The number of carbonyl (C=O) groups excluding carboxylic acids is 1. The normalized spacial score (nSPS) is 15.5. The Labute approximate surface area is 163 Å². The van der Waals surface area contributed by atoms with Crippen LogP contribution in [-0.2, 0) is 11.0 Å². The first-order valence-corrected chi connectivity index (χ1v) is 9.05. The second-order valence-corrected chi connectivity index (χ2v) is 6.78. The molecule has 0 saturated carbocycles. The fourth-order valence-corrected chi connectivity index (χ4v) is 3.27. The molecule has 3 heterocycles. The number of carbonyl (C=O) groups is 1. The molecule has 0 atom stereocenters. The number of hydrogen-bond acceptors (Lipinski definition) is 6. The summed E-state index contributed by atoms with van der Waals surface area (Å²) in [6.07, 6.45) is -1.69. The third-order valence-electron chi connectivity index (χ3n) is 4.86. The molecule has 0 radical (unpaired) electrons. The van der Waals surface area contributed by atoms with Gasteiger partial charge in [0.1, 0.15) is 12.1 Å². The van der Waals surface area contributed by atoms with Gasteiger partial charge in [0.2, 0.25) is 5.91 Å². The highest BCUT2D eigenvalue weighted by atomic mass is 19.4. The molecule has 0 unspecified atom stereocenters. The molecule has 2 N–H and O–H groups in total. The van der Waals surface area contributed by atoms with Gasteiger partial charge in [0, 0.05) is 19.0 Å². The van der Waals surface area contributed by atoms with E-state index < -0.39 is 11.7 Å². The number of hydrogen-bond donors (Lipinski definition) is 2. The first kappa shape index (κ1) is 19.0. The number of benzene rings is 1. The number of rotatable bonds is 4.